The van der Waals surface area contributed by atoms with Crippen molar-refractivity contribution in [3.05, 3.63) is 76.0 Å². The summed E-state index contributed by atoms with van der Waals surface area (Å²) in [7, 11) is 0. The molecule has 6 heteroatoms. The maximum absolute atomic E-state index is 13.3. The number of likely N-dealkylation sites (tertiary alicyclic amines) is 1. The minimum absolute atomic E-state index is 0.0514. The molecule has 0 spiro atoms. The summed E-state index contributed by atoms with van der Waals surface area (Å²) in [5.74, 6) is -0.257. The maximum atomic E-state index is 13.3. The van der Waals surface area contributed by atoms with Crippen LogP contribution < -0.4 is 4.90 Å². The van der Waals surface area contributed by atoms with Gasteiger partial charge in [-0.2, -0.15) is 0 Å². The number of rotatable bonds is 5. The fraction of sp³-hybridized carbons (Fsp3) is 0.333. The Hall–Kier alpha value is -2.57. The van der Waals surface area contributed by atoms with Gasteiger partial charge in [0.2, 0.25) is 5.91 Å². The molecule has 0 bridgehead atoms. The van der Waals surface area contributed by atoms with Crippen molar-refractivity contribution in [1.82, 2.24) is 9.88 Å². The lowest BCUT2D eigenvalue weighted by Gasteiger charge is -2.24. The van der Waals surface area contributed by atoms with E-state index in [-0.39, 0.29) is 17.8 Å². The van der Waals surface area contributed by atoms with Gasteiger partial charge in [-0.25, -0.2) is 9.37 Å². The number of nitrogens with zero attached hydrogens (tertiary/aromatic N) is 3. The number of hydrogen-bond donors (Lipinski definition) is 0. The maximum Gasteiger partial charge on any atom is 0.230 e. The molecule has 0 radical (unpaired) electrons. The Kier molecular flexibility index (Phi) is 5.97. The van der Waals surface area contributed by atoms with Crippen molar-refractivity contribution in [3.8, 4) is 0 Å². The van der Waals surface area contributed by atoms with Crippen LogP contribution in [0.2, 0.25) is 0 Å². The number of aryl methyl sites for hydroxylation is 2. The molecule has 1 fully saturated rings. The lowest BCUT2D eigenvalue weighted by molar-refractivity contribution is -0.115. The summed E-state index contributed by atoms with van der Waals surface area (Å²) in [6.45, 7) is 7.39. The highest BCUT2D eigenvalue weighted by atomic mass is 32.1. The number of thiazole rings is 1. The molecule has 1 aromatic heterocycles. The monoisotopic (exact) mass is 423 g/mol. The molecule has 0 saturated carbocycles. The number of carbonyl (C=O) groups excluding carboxylic acids is 1. The molecule has 3 aromatic rings. The molecule has 156 valence electrons. The first-order chi connectivity index (χ1) is 14.4. The second-order valence-corrected chi connectivity index (χ2v) is 8.76. The zero-order chi connectivity index (χ0) is 21.3. The Bertz CT molecular complexity index is 1050. The summed E-state index contributed by atoms with van der Waals surface area (Å²) >= 11 is 1.49. The van der Waals surface area contributed by atoms with E-state index in [2.05, 4.69) is 11.8 Å². The van der Waals surface area contributed by atoms with Crippen LogP contribution in [0, 0.1) is 19.7 Å². The van der Waals surface area contributed by atoms with Crippen LogP contribution in [-0.2, 0) is 11.3 Å². The molecule has 0 unspecified atom stereocenters. The van der Waals surface area contributed by atoms with Gasteiger partial charge in [-0.05, 0) is 74.2 Å². The summed E-state index contributed by atoms with van der Waals surface area (Å²) in [6.07, 6.45) is 2.17. The summed E-state index contributed by atoms with van der Waals surface area (Å²) < 4.78 is 13.3. The van der Waals surface area contributed by atoms with Crippen molar-refractivity contribution in [2.45, 2.75) is 46.2 Å². The van der Waals surface area contributed by atoms with E-state index in [9.17, 15) is 9.18 Å². The summed E-state index contributed by atoms with van der Waals surface area (Å²) in [4.78, 5) is 21.3. The number of aromatic nitrogens is 1. The first-order valence-corrected chi connectivity index (χ1v) is 11.1. The normalized spacial score (nSPS) is 16.7. The molecule has 0 N–H and O–H groups in total. The van der Waals surface area contributed by atoms with Gasteiger partial charge in [0.05, 0.1) is 11.4 Å². The zero-order valence-electron chi connectivity index (χ0n) is 17.6. The van der Waals surface area contributed by atoms with Crippen molar-refractivity contribution in [2.75, 3.05) is 11.4 Å². The highest BCUT2D eigenvalue weighted by Crippen LogP contribution is 2.35. The second kappa shape index (κ2) is 8.66. The van der Waals surface area contributed by atoms with Gasteiger partial charge < -0.3 is 0 Å². The standard InChI is InChI=1S/C24H26FN3OS/c1-16-6-11-22(13-17(16)2)28(18(3)29)24-26-21(15-30-24)14-27-12-4-5-23(27)19-7-9-20(25)10-8-19/h6-11,13,15,23H,4-5,12,14H2,1-3H3/t23-/m1/s1. The highest BCUT2D eigenvalue weighted by molar-refractivity contribution is 7.14. The lowest BCUT2D eigenvalue weighted by atomic mass is 10.0. The molecule has 1 atom stereocenters. The van der Waals surface area contributed by atoms with Gasteiger partial charge in [0.15, 0.2) is 5.13 Å². The van der Waals surface area contributed by atoms with Crippen molar-refractivity contribution in [2.24, 2.45) is 0 Å². The van der Waals surface area contributed by atoms with Gasteiger partial charge >= 0.3 is 0 Å². The largest absolute Gasteiger partial charge is 0.290 e. The van der Waals surface area contributed by atoms with E-state index in [1.165, 1.54) is 29.0 Å². The molecule has 0 aliphatic carbocycles. The van der Waals surface area contributed by atoms with E-state index < -0.39 is 0 Å². The smallest absolute Gasteiger partial charge is 0.230 e. The Morgan fingerprint density at radius 1 is 1.20 bits per heavy atom. The number of benzene rings is 2. The molecule has 4 nitrogen and oxygen atoms in total. The summed E-state index contributed by atoms with van der Waals surface area (Å²) in [5.41, 5.74) is 5.29. The molecular formula is C24H26FN3OS. The van der Waals surface area contributed by atoms with Crippen LogP contribution in [0.5, 0.6) is 0 Å². The van der Waals surface area contributed by atoms with Gasteiger partial charge in [-0.1, -0.05) is 18.2 Å². The third kappa shape index (κ3) is 4.30. The zero-order valence-corrected chi connectivity index (χ0v) is 18.4. The van der Waals surface area contributed by atoms with Crippen LogP contribution in [0.4, 0.5) is 15.2 Å². The third-order valence-electron chi connectivity index (χ3n) is 5.78. The average molecular weight is 424 g/mol. The minimum atomic E-state index is -0.205. The average Bonchev–Trinajstić information content (AvgIpc) is 3.35. The topological polar surface area (TPSA) is 36.4 Å². The van der Waals surface area contributed by atoms with E-state index in [0.29, 0.717) is 5.13 Å². The molecule has 4 rings (SSSR count). The molecule has 1 aliphatic rings. The number of hydrogen-bond acceptors (Lipinski definition) is 4. The molecule has 30 heavy (non-hydrogen) atoms. The second-order valence-electron chi connectivity index (χ2n) is 7.92. The highest BCUT2D eigenvalue weighted by Gasteiger charge is 2.27. The first-order valence-electron chi connectivity index (χ1n) is 10.2. The lowest BCUT2D eigenvalue weighted by Crippen LogP contribution is -2.24. The van der Waals surface area contributed by atoms with Crippen LogP contribution in [0.3, 0.4) is 0 Å². The predicted octanol–water partition coefficient (Wildman–Crippen LogP) is 5.92. The Morgan fingerprint density at radius 2 is 1.97 bits per heavy atom. The Balaban J connectivity index is 1.54. The molecule has 2 heterocycles. The van der Waals surface area contributed by atoms with Gasteiger partial charge in [0.25, 0.3) is 0 Å². The van der Waals surface area contributed by atoms with Crippen molar-refractivity contribution in [3.63, 3.8) is 0 Å². The Morgan fingerprint density at radius 3 is 2.67 bits per heavy atom. The number of carbonyl (C=O) groups is 1. The van der Waals surface area contributed by atoms with Crippen LogP contribution in [0.25, 0.3) is 0 Å². The SMILES string of the molecule is CC(=O)N(c1ccc(C)c(C)c1)c1nc(CN2CCC[C@@H]2c2ccc(F)cc2)cs1. The van der Waals surface area contributed by atoms with E-state index in [4.69, 9.17) is 4.98 Å². The predicted molar refractivity (Wildman–Crippen MR) is 120 cm³/mol. The van der Waals surface area contributed by atoms with E-state index in [0.717, 1.165) is 48.4 Å². The van der Waals surface area contributed by atoms with Crippen LogP contribution >= 0.6 is 11.3 Å². The van der Waals surface area contributed by atoms with E-state index >= 15 is 0 Å². The van der Waals surface area contributed by atoms with Gasteiger partial charge in [0.1, 0.15) is 5.82 Å². The van der Waals surface area contributed by atoms with Gasteiger partial charge in [-0.3, -0.25) is 14.6 Å². The first kappa shape index (κ1) is 20.7. The minimum Gasteiger partial charge on any atom is -0.290 e. The van der Waals surface area contributed by atoms with E-state index in [1.54, 1.807) is 11.8 Å². The fourth-order valence-electron chi connectivity index (χ4n) is 4.05. The van der Waals surface area contributed by atoms with Crippen LogP contribution in [0.1, 0.15) is 48.2 Å². The third-order valence-corrected chi connectivity index (χ3v) is 6.65. The summed E-state index contributed by atoms with van der Waals surface area (Å²) in [6, 6.07) is 13.1. The molecule has 1 aliphatic heterocycles. The van der Waals surface area contributed by atoms with Gasteiger partial charge in [0, 0.05) is 24.9 Å². The molecule has 1 amide bonds. The van der Waals surface area contributed by atoms with Crippen molar-refractivity contribution < 1.29 is 9.18 Å². The molecule has 2 aromatic carbocycles. The fourth-order valence-corrected chi connectivity index (χ4v) is 4.93. The number of anilines is 2. The van der Waals surface area contributed by atoms with Crippen molar-refractivity contribution in [1.29, 1.82) is 0 Å². The van der Waals surface area contributed by atoms with Crippen LogP contribution in [-0.4, -0.2) is 22.3 Å². The summed E-state index contributed by atoms with van der Waals surface area (Å²) in [5, 5.41) is 2.73. The molecule has 1 saturated heterocycles. The number of amides is 1. The van der Waals surface area contributed by atoms with Crippen LogP contribution in [0.15, 0.2) is 47.8 Å². The van der Waals surface area contributed by atoms with E-state index in [1.807, 2.05) is 42.6 Å². The Labute approximate surface area is 181 Å². The molecular weight excluding hydrogens is 397 g/mol. The van der Waals surface area contributed by atoms with Gasteiger partial charge in [-0.15, -0.1) is 11.3 Å². The van der Waals surface area contributed by atoms with Crippen molar-refractivity contribution >= 4 is 28.1 Å². The number of halogens is 1. The quantitative estimate of drug-likeness (QED) is 0.511.